The molecule has 0 spiro atoms. The lowest BCUT2D eigenvalue weighted by molar-refractivity contribution is 0.450. The van der Waals surface area contributed by atoms with Gasteiger partial charge in [0.2, 0.25) is 0 Å². The Balaban J connectivity index is 2.15. The van der Waals surface area contributed by atoms with Crippen molar-refractivity contribution in [2.75, 3.05) is 0 Å². The van der Waals surface area contributed by atoms with E-state index in [-0.39, 0.29) is 11.5 Å². The number of allylic oxidation sites excluding steroid dienone is 5. The van der Waals surface area contributed by atoms with Gasteiger partial charge in [0.1, 0.15) is 11.5 Å². The van der Waals surface area contributed by atoms with Crippen LogP contribution in [0.2, 0.25) is 0 Å². The van der Waals surface area contributed by atoms with Crippen LogP contribution in [0.15, 0.2) is 48.1 Å². The van der Waals surface area contributed by atoms with Gasteiger partial charge in [-0.25, -0.2) is 0 Å². The van der Waals surface area contributed by atoms with Crippen molar-refractivity contribution in [2.45, 2.75) is 6.42 Å². The Morgan fingerprint density at radius 1 is 1.00 bits per heavy atom. The van der Waals surface area contributed by atoms with Crippen LogP contribution < -0.4 is 0 Å². The molecule has 1 aliphatic rings. The summed E-state index contributed by atoms with van der Waals surface area (Å²) in [7, 11) is 0. The molecule has 86 valence electrons. The zero-order chi connectivity index (χ0) is 12.3. The van der Waals surface area contributed by atoms with Crippen molar-refractivity contribution in [1.82, 2.24) is 0 Å². The lowest BCUT2D eigenvalue weighted by Gasteiger charge is -2.03. The van der Waals surface area contributed by atoms with Crippen molar-refractivity contribution >= 4 is 11.8 Å². The fourth-order valence-electron chi connectivity index (χ4n) is 1.59. The maximum absolute atomic E-state index is 9.31. The van der Waals surface area contributed by atoms with Crippen molar-refractivity contribution in [3.63, 3.8) is 0 Å². The molecule has 0 aromatic heterocycles. The number of benzene rings is 1. The molecule has 2 rings (SSSR count). The van der Waals surface area contributed by atoms with Gasteiger partial charge in [-0.15, -0.1) is 0 Å². The second kappa shape index (κ2) is 4.70. The predicted molar refractivity (Wildman–Crippen MR) is 68.4 cm³/mol. The van der Waals surface area contributed by atoms with Crippen molar-refractivity contribution in [2.24, 2.45) is 0 Å². The molecular formula is C14H13NO2. The summed E-state index contributed by atoms with van der Waals surface area (Å²) < 4.78 is 0. The van der Waals surface area contributed by atoms with E-state index in [1.165, 1.54) is 6.07 Å². The fourth-order valence-corrected chi connectivity index (χ4v) is 1.59. The SMILES string of the molecule is N=C1C=CC(C=Cc2cc(O)cc(O)c2)=CC1. The number of hydrogen-bond donors (Lipinski definition) is 3. The summed E-state index contributed by atoms with van der Waals surface area (Å²) in [5.41, 5.74) is 2.35. The highest BCUT2D eigenvalue weighted by Crippen LogP contribution is 2.22. The van der Waals surface area contributed by atoms with E-state index in [9.17, 15) is 10.2 Å². The molecule has 0 unspecified atom stereocenters. The molecule has 0 radical (unpaired) electrons. The van der Waals surface area contributed by atoms with E-state index in [4.69, 9.17) is 5.41 Å². The van der Waals surface area contributed by atoms with Crippen molar-refractivity contribution in [3.8, 4) is 11.5 Å². The van der Waals surface area contributed by atoms with E-state index >= 15 is 0 Å². The topological polar surface area (TPSA) is 64.3 Å². The highest BCUT2D eigenvalue weighted by molar-refractivity contribution is 5.95. The lowest BCUT2D eigenvalue weighted by atomic mass is 10.0. The molecule has 0 heterocycles. The minimum atomic E-state index is 0.0413. The highest BCUT2D eigenvalue weighted by atomic mass is 16.3. The molecule has 3 heteroatoms. The summed E-state index contributed by atoms with van der Waals surface area (Å²) in [5, 5.41) is 26.0. The van der Waals surface area contributed by atoms with Crippen LogP contribution in [0.25, 0.3) is 6.08 Å². The summed E-state index contributed by atoms with van der Waals surface area (Å²) in [5.74, 6) is 0.0826. The molecule has 0 fully saturated rings. The van der Waals surface area contributed by atoms with Crippen LogP contribution in [-0.4, -0.2) is 15.9 Å². The van der Waals surface area contributed by atoms with Gasteiger partial charge < -0.3 is 15.6 Å². The molecule has 17 heavy (non-hydrogen) atoms. The third kappa shape index (κ3) is 3.08. The molecule has 0 bridgehead atoms. The zero-order valence-corrected chi connectivity index (χ0v) is 9.22. The monoisotopic (exact) mass is 227 g/mol. The molecule has 0 saturated carbocycles. The third-order valence-electron chi connectivity index (χ3n) is 2.43. The Bertz CT molecular complexity index is 519. The summed E-state index contributed by atoms with van der Waals surface area (Å²) in [4.78, 5) is 0. The number of hydrogen-bond acceptors (Lipinski definition) is 3. The molecule has 1 aromatic carbocycles. The van der Waals surface area contributed by atoms with Crippen LogP contribution in [0.1, 0.15) is 12.0 Å². The Labute approximate surface area is 99.6 Å². The molecule has 1 aromatic rings. The van der Waals surface area contributed by atoms with E-state index in [1.54, 1.807) is 18.2 Å². The average molecular weight is 227 g/mol. The highest BCUT2D eigenvalue weighted by Gasteiger charge is 1.99. The second-order valence-electron chi connectivity index (χ2n) is 3.88. The minimum absolute atomic E-state index is 0.0413. The van der Waals surface area contributed by atoms with Gasteiger partial charge in [-0.05, 0) is 29.3 Å². The Hall–Kier alpha value is -2.29. The number of phenolic OH excluding ortho intramolecular Hbond substituents is 2. The Morgan fingerprint density at radius 3 is 2.29 bits per heavy atom. The summed E-state index contributed by atoms with van der Waals surface area (Å²) >= 11 is 0. The molecule has 0 aliphatic heterocycles. The summed E-state index contributed by atoms with van der Waals surface area (Å²) in [6.45, 7) is 0. The van der Waals surface area contributed by atoms with Gasteiger partial charge in [0, 0.05) is 18.2 Å². The van der Waals surface area contributed by atoms with Crippen LogP contribution in [0.5, 0.6) is 11.5 Å². The number of rotatable bonds is 2. The third-order valence-corrected chi connectivity index (χ3v) is 2.43. The predicted octanol–water partition coefficient (Wildman–Crippen LogP) is 3.02. The quantitative estimate of drug-likeness (QED) is 0.727. The first-order valence-electron chi connectivity index (χ1n) is 5.30. The average Bonchev–Trinajstić information content (AvgIpc) is 2.27. The lowest BCUT2D eigenvalue weighted by Crippen LogP contribution is -1.93. The first-order chi connectivity index (χ1) is 8.13. The van der Waals surface area contributed by atoms with Crippen LogP contribution >= 0.6 is 0 Å². The van der Waals surface area contributed by atoms with E-state index in [2.05, 4.69) is 0 Å². The van der Waals surface area contributed by atoms with Crippen LogP contribution in [0.3, 0.4) is 0 Å². The Morgan fingerprint density at radius 2 is 1.71 bits per heavy atom. The Kier molecular flexibility index (Phi) is 3.10. The van der Waals surface area contributed by atoms with Crippen LogP contribution in [0, 0.1) is 5.41 Å². The van der Waals surface area contributed by atoms with Gasteiger partial charge in [-0.2, -0.15) is 0 Å². The molecular weight excluding hydrogens is 214 g/mol. The minimum Gasteiger partial charge on any atom is -0.508 e. The molecule has 3 nitrogen and oxygen atoms in total. The molecule has 1 aliphatic carbocycles. The number of phenols is 2. The van der Waals surface area contributed by atoms with Crippen LogP contribution in [0.4, 0.5) is 0 Å². The largest absolute Gasteiger partial charge is 0.508 e. The van der Waals surface area contributed by atoms with Gasteiger partial charge in [0.15, 0.2) is 0 Å². The van der Waals surface area contributed by atoms with E-state index in [0.29, 0.717) is 12.1 Å². The first kappa shape index (κ1) is 11.2. The van der Waals surface area contributed by atoms with E-state index in [1.807, 2.05) is 24.3 Å². The summed E-state index contributed by atoms with van der Waals surface area (Å²) in [6.07, 6.45) is 9.93. The number of aromatic hydroxyl groups is 2. The first-order valence-corrected chi connectivity index (χ1v) is 5.30. The van der Waals surface area contributed by atoms with Crippen LogP contribution in [-0.2, 0) is 0 Å². The van der Waals surface area contributed by atoms with Crippen molar-refractivity contribution in [1.29, 1.82) is 5.41 Å². The number of nitrogens with one attached hydrogen (secondary N) is 1. The normalized spacial score (nSPS) is 15.3. The van der Waals surface area contributed by atoms with Crippen molar-refractivity contribution < 1.29 is 10.2 Å². The van der Waals surface area contributed by atoms with Crippen molar-refractivity contribution in [3.05, 3.63) is 53.6 Å². The smallest absolute Gasteiger partial charge is 0.119 e. The molecule has 3 N–H and O–H groups in total. The standard InChI is InChI=1S/C14H13NO2/c15-12-5-3-10(4-6-12)1-2-11-7-13(16)9-14(17)8-11/h1-5,7-9,15-17H,6H2. The van der Waals surface area contributed by atoms with E-state index < -0.39 is 0 Å². The maximum atomic E-state index is 9.31. The molecule has 0 atom stereocenters. The molecule has 0 amide bonds. The second-order valence-corrected chi connectivity index (χ2v) is 3.88. The van der Waals surface area contributed by atoms with Gasteiger partial charge >= 0.3 is 0 Å². The maximum Gasteiger partial charge on any atom is 0.119 e. The van der Waals surface area contributed by atoms with Gasteiger partial charge in [0.05, 0.1) is 0 Å². The summed E-state index contributed by atoms with van der Waals surface area (Å²) in [6, 6.07) is 4.44. The molecule has 0 saturated heterocycles. The van der Waals surface area contributed by atoms with Gasteiger partial charge in [-0.3, -0.25) is 0 Å². The van der Waals surface area contributed by atoms with Gasteiger partial charge in [0.25, 0.3) is 0 Å². The fraction of sp³-hybridized carbons (Fsp3) is 0.0714. The van der Waals surface area contributed by atoms with E-state index in [0.717, 1.165) is 11.1 Å². The zero-order valence-electron chi connectivity index (χ0n) is 9.22. The van der Waals surface area contributed by atoms with Gasteiger partial charge in [-0.1, -0.05) is 24.3 Å².